The minimum Gasteiger partial charge on any atom is -0.314 e. The summed E-state index contributed by atoms with van der Waals surface area (Å²) in [5, 5.41) is 3.47. The van der Waals surface area contributed by atoms with E-state index in [1.165, 1.54) is 64.7 Å². The molecule has 3 unspecified atom stereocenters. The molecule has 0 bridgehead atoms. The fraction of sp³-hybridized carbons (Fsp3) is 1.00. The highest BCUT2D eigenvalue weighted by Gasteiger charge is 2.34. The maximum absolute atomic E-state index is 3.47. The van der Waals surface area contributed by atoms with Crippen LogP contribution >= 0.6 is 0 Å². The molecule has 3 aliphatic rings. The van der Waals surface area contributed by atoms with Crippen molar-refractivity contribution in [3.05, 3.63) is 0 Å². The first kappa shape index (κ1) is 11.0. The molecule has 0 aromatic rings. The fourth-order valence-electron chi connectivity index (χ4n) is 4.23. The molecule has 0 aromatic carbocycles. The third-order valence-electron chi connectivity index (χ3n) is 5.18. The minimum absolute atomic E-state index is 0.932. The van der Waals surface area contributed by atoms with Crippen molar-refractivity contribution in [1.82, 2.24) is 10.2 Å². The van der Waals surface area contributed by atoms with Gasteiger partial charge in [-0.15, -0.1) is 0 Å². The Kier molecular flexibility index (Phi) is 3.49. The molecule has 3 rings (SSSR count). The normalized spacial score (nSPS) is 41.6. The third kappa shape index (κ3) is 2.28. The molecule has 1 aliphatic heterocycles. The summed E-state index contributed by atoms with van der Waals surface area (Å²) in [6.45, 7) is 5.01. The second kappa shape index (κ2) is 5.05. The lowest BCUT2D eigenvalue weighted by Gasteiger charge is -2.44. The number of fused-ring (bicyclic) bond motifs is 1. The zero-order valence-corrected chi connectivity index (χ0v) is 10.5. The van der Waals surface area contributed by atoms with E-state index in [1.54, 1.807) is 6.42 Å². The van der Waals surface area contributed by atoms with Crippen molar-refractivity contribution in [3.8, 4) is 0 Å². The molecule has 3 fully saturated rings. The SMILES string of the molecule is C1CCC2CC(N3CCNCC3)CCC2C1. The Balaban J connectivity index is 1.57. The summed E-state index contributed by atoms with van der Waals surface area (Å²) in [5.41, 5.74) is 0. The average Bonchev–Trinajstić information content (AvgIpc) is 2.39. The van der Waals surface area contributed by atoms with E-state index in [0.717, 1.165) is 17.9 Å². The largest absolute Gasteiger partial charge is 0.314 e. The lowest BCUT2D eigenvalue weighted by Crippen LogP contribution is -2.50. The average molecular weight is 222 g/mol. The first-order valence-corrected chi connectivity index (χ1v) is 7.38. The summed E-state index contributed by atoms with van der Waals surface area (Å²) in [5.74, 6) is 2.19. The van der Waals surface area contributed by atoms with Gasteiger partial charge in [-0.2, -0.15) is 0 Å². The van der Waals surface area contributed by atoms with Crippen LogP contribution in [0, 0.1) is 11.8 Å². The lowest BCUT2D eigenvalue weighted by atomic mass is 9.69. The summed E-state index contributed by atoms with van der Waals surface area (Å²) in [4.78, 5) is 2.77. The standard InChI is InChI=1S/C14H26N2/c1-2-4-13-11-14(6-5-12(13)3-1)16-9-7-15-8-10-16/h12-15H,1-11H2. The van der Waals surface area contributed by atoms with Gasteiger partial charge in [0.05, 0.1) is 0 Å². The molecule has 3 atom stereocenters. The summed E-state index contributed by atoms with van der Waals surface area (Å²) >= 11 is 0. The second-order valence-electron chi connectivity index (χ2n) is 6.06. The highest BCUT2D eigenvalue weighted by atomic mass is 15.2. The Bertz CT molecular complexity index is 220. The van der Waals surface area contributed by atoms with Crippen molar-refractivity contribution in [2.45, 2.75) is 51.0 Å². The maximum Gasteiger partial charge on any atom is 0.0110 e. The van der Waals surface area contributed by atoms with Crippen molar-refractivity contribution in [2.75, 3.05) is 26.2 Å². The molecular formula is C14H26N2. The van der Waals surface area contributed by atoms with E-state index >= 15 is 0 Å². The summed E-state index contributed by atoms with van der Waals surface area (Å²) < 4.78 is 0. The maximum atomic E-state index is 3.47. The Morgan fingerprint density at radius 3 is 2.38 bits per heavy atom. The topological polar surface area (TPSA) is 15.3 Å². The van der Waals surface area contributed by atoms with Crippen LogP contribution in [0.4, 0.5) is 0 Å². The van der Waals surface area contributed by atoms with Crippen molar-refractivity contribution >= 4 is 0 Å². The van der Waals surface area contributed by atoms with Crippen LogP contribution in [-0.2, 0) is 0 Å². The van der Waals surface area contributed by atoms with Gasteiger partial charge in [0.2, 0.25) is 0 Å². The van der Waals surface area contributed by atoms with Gasteiger partial charge in [0.1, 0.15) is 0 Å². The molecule has 0 spiro atoms. The number of hydrogen-bond donors (Lipinski definition) is 1. The molecule has 2 nitrogen and oxygen atoms in total. The quantitative estimate of drug-likeness (QED) is 0.732. The zero-order valence-electron chi connectivity index (χ0n) is 10.5. The Morgan fingerprint density at radius 2 is 1.56 bits per heavy atom. The first-order chi connectivity index (χ1) is 7.93. The molecule has 92 valence electrons. The number of rotatable bonds is 1. The van der Waals surface area contributed by atoms with Crippen LogP contribution in [-0.4, -0.2) is 37.1 Å². The van der Waals surface area contributed by atoms with Gasteiger partial charge < -0.3 is 5.32 Å². The van der Waals surface area contributed by atoms with E-state index in [9.17, 15) is 0 Å². The first-order valence-electron chi connectivity index (χ1n) is 7.38. The highest BCUT2D eigenvalue weighted by Crippen LogP contribution is 2.41. The summed E-state index contributed by atoms with van der Waals surface area (Å²) in [7, 11) is 0. The molecule has 1 N–H and O–H groups in total. The summed E-state index contributed by atoms with van der Waals surface area (Å²) in [6, 6.07) is 0.932. The van der Waals surface area contributed by atoms with E-state index in [0.29, 0.717) is 0 Å². The van der Waals surface area contributed by atoms with Gasteiger partial charge in [-0.1, -0.05) is 25.7 Å². The molecule has 0 amide bonds. The molecule has 2 aliphatic carbocycles. The molecule has 1 saturated heterocycles. The fourth-order valence-corrected chi connectivity index (χ4v) is 4.23. The van der Waals surface area contributed by atoms with E-state index in [2.05, 4.69) is 10.2 Å². The predicted octanol–water partition coefficient (Wildman–Crippen LogP) is 2.25. The Morgan fingerprint density at radius 1 is 0.812 bits per heavy atom. The lowest BCUT2D eigenvalue weighted by molar-refractivity contribution is 0.0668. The van der Waals surface area contributed by atoms with Crippen LogP contribution in [0.15, 0.2) is 0 Å². The molecule has 2 heteroatoms. The van der Waals surface area contributed by atoms with Gasteiger partial charge >= 0.3 is 0 Å². The molecule has 0 radical (unpaired) electrons. The van der Waals surface area contributed by atoms with Gasteiger partial charge in [0, 0.05) is 32.2 Å². The monoisotopic (exact) mass is 222 g/mol. The van der Waals surface area contributed by atoms with Crippen LogP contribution in [0.3, 0.4) is 0 Å². The van der Waals surface area contributed by atoms with Crippen molar-refractivity contribution in [2.24, 2.45) is 11.8 Å². The van der Waals surface area contributed by atoms with Crippen molar-refractivity contribution < 1.29 is 0 Å². The number of piperazine rings is 1. The van der Waals surface area contributed by atoms with Crippen LogP contribution < -0.4 is 5.32 Å². The smallest absolute Gasteiger partial charge is 0.0110 e. The molecular weight excluding hydrogens is 196 g/mol. The summed E-state index contributed by atoms with van der Waals surface area (Å²) in [6.07, 6.45) is 10.6. The van der Waals surface area contributed by atoms with Gasteiger partial charge in [0.25, 0.3) is 0 Å². The second-order valence-corrected chi connectivity index (χ2v) is 6.06. The van der Waals surface area contributed by atoms with E-state index in [1.807, 2.05) is 0 Å². The van der Waals surface area contributed by atoms with E-state index in [4.69, 9.17) is 0 Å². The van der Waals surface area contributed by atoms with Crippen molar-refractivity contribution in [1.29, 1.82) is 0 Å². The predicted molar refractivity (Wildman–Crippen MR) is 67.5 cm³/mol. The molecule has 0 aromatic heterocycles. The number of hydrogen-bond acceptors (Lipinski definition) is 2. The Hall–Kier alpha value is -0.0800. The van der Waals surface area contributed by atoms with Gasteiger partial charge in [-0.3, -0.25) is 4.90 Å². The third-order valence-corrected chi connectivity index (χ3v) is 5.18. The minimum atomic E-state index is 0.932. The van der Waals surface area contributed by atoms with Crippen LogP contribution in [0.2, 0.25) is 0 Å². The van der Waals surface area contributed by atoms with Crippen molar-refractivity contribution in [3.63, 3.8) is 0 Å². The van der Waals surface area contributed by atoms with E-state index < -0.39 is 0 Å². The van der Waals surface area contributed by atoms with Gasteiger partial charge in [-0.25, -0.2) is 0 Å². The molecule has 1 heterocycles. The molecule has 2 saturated carbocycles. The van der Waals surface area contributed by atoms with Crippen LogP contribution in [0.25, 0.3) is 0 Å². The van der Waals surface area contributed by atoms with Gasteiger partial charge in [0.15, 0.2) is 0 Å². The molecule has 16 heavy (non-hydrogen) atoms. The van der Waals surface area contributed by atoms with E-state index in [-0.39, 0.29) is 0 Å². The van der Waals surface area contributed by atoms with Crippen LogP contribution in [0.5, 0.6) is 0 Å². The zero-order chi connectivity index (χ0) is 10.8. The number of nitrogens with zero attached hydrogens (tertiary/aromatic N) is 1. The van der Waals surface area contributed by atoms with Crippen LogP contribution in [0.1, 0.15) is 44.9 Å². The number of nitrogens with one attached hydrogen (secondary N) is 1. The highest BCUT2D eigenvalue weighted by molar-refractivity contribution is 4.88. The van der Waals surface area contributed by atoms with Gasteiger partial charge in [-0.05, 0) is 31.1 Å². The Labute approximate surface area is 99.8 Å².